The molecule has 4 aromatic carbocycles. The second kappa shape index (κ2) is 14.7. The Labute approximate surface area is 259 Å². The van der Waals surface area contributed by atoms with E-state index in [1.54, 1.807) is 0 Å². The molecule has 5 rings (SSSR count). The number of benzene rings is 4. The minimum atomic E-state index is -0.130. The van der Waals surface area contributed by atoms with E-state index in [1.165, 1.54) is 5.56 Å². The minimum Gasteiger partial charge on any atom is -0.493 e. The maximum Gasteiger partial charge on any atom is 0.251 e. The monoisotopic (exact) mass is 601 g/mol. The molecule has 1 aliphatic carbocycles. The number of nitrogens with one attached hydrogen (secondary N) is 1. The maximum absolute atomic E-state index is 13.8. The summed E-state index contributed by atoms with van der Waals surface area (Å²) in [5, 5.41) is 4.52. The van der Waals surface area contributed by atoms with Gasteiger partial charge >= 0.3 is 0 Å². The van der Waals surface area contributed by atoms with Crippen LogP contribution in [0.15, 0.2) is 91.0 Å². The van der Waals surface area contributed by atoms with Gasteiger partial charge in [-0.2, -0.15) is 0 Å². The molecule has 1 saturated carbocycles. The lowest BCUT2D eigenvalue weighted by molar-refractivity contribution is 0.0801. The standard InChI is InChI=1S/C36H37Cl2NO3/c1-2-42-35-32(27-13-8-15-30(37)20-27)22-29(23-33(35)28-14-9-16-31(38)21-28)36(40)39-34(26-17-18-26)24-41-19-7-6-12-25-10-4-3-5-11-25/h3-5,8-11,13-16,20-23,26,34H,2,6-7,12,17-19,24H2,1H3,(H,39,40). The molecule has 4 aromatic rings. The van der Waals surface area contributed by atoms with Crippen LogP contribution in [0.4, 0.5) is 0 Å². The second-order valence-electron chi connectivity index (χ2n) is 10.8. The number of halogens is 2. The molecule has 1 atom stereocenters. The van der Waals surface area contributed by atoms with Crippen molar-refractivity contribution in [2.75, 3.05) is 19.8 Å². The molecular weight excluding hydrogens is 565 g/mol. The number of carbonyl (C=O) groups excluding carboxylic acids is 1. The summed E-state index contributed by atoms with van der Waals surface area (Å²) in [6.45, 7) is 3.62. The molecule has 1 N–H and O–H groups in total. The number of hydrogen-bond donors (Lipinski definition) is 1. The third-order valence-electron chi connectivity index (χ3n) is 7.56. The van der Waals surface area contributed by atoms with Gasteiger partial charge in [-0.3, -0.25) is 4.79 Å². The lowest BCUT2D eigenvalue weighted by Crippen LogP contribution is -2.40. The Hall–Kier alpha value is -3.31. The number of carbonyl (C=O) groups is 1. The number of rotatable bonds is 14. The molecule has 1 aliphatic rings. The van der Waals surface area contributed by atoms with Crippen molar-refractivity contribution in [2.24, 2.45) is 5.92 Å². The quantitative estimate of drug-likeness (QED) is 0.146. The molecule has 0 aliphatic heterocycles. The van der Waals surface area contributed by atoms with Crippen molar-refractivity contribution in [1.29, 1.82) is 0 Å². The Morgan fingerprint density at radius 2 is 1.50 bits per heavy atom. The first kappa shape index (κ1) is 30.2. The number of ether oxygens (including phenoxy) is 2. The summed E-state index contributed by atoms with van der Waals surface area (Å²) in [5.74, 6) is 1.01. The van der Waals surface area contributed by atoms with Crippen LogP contribution in [0.1, 0.15) is 48.5 Å². The van der Waals surface area contributed by atoms with Crippen LogP contribution in [0.5, 0.6) is 5.75 Å². The highest BCUT2D eigenvalue weighted by Gasteiger charge is 2.33. The molecule has 0 radical (unpaired) electrons. The fourth-order valence-electron chi connectivity index (χ4n) is 5.23. The third kappa shape index (κ3) is 8.16. The topological polar surface area (TPSA) is 47.6 Å². The minimum absolute atomic E-state index is 0.0255. The zero-order chi connectivity index (χ0) is 29.3. The Morgan fingerprint density at radius 3 is 2.07 bits per heavy atom. The Bertz CT molecular complexity index is 1420. The van der Waals surface area contributed by atoms with Crippen molar-refractivity contribution in [3.63, 3.8) is 0 Å². The van der Waals surface area contributed by atoms with Crippen molar-refractivity contribution >= 4 is 29.1 Å². The second-order valence-corrected chi connectivity index (χ2v) is 11.7. The van der Waals surface area contributed by atoms with Crippen LogP contribution >= 0.6 is 23.2 Å². The van der Waals surface area contributed by atoms with Gasteiger partial charge in [0.15, 0.2) is 0 Å². The molecule has 1 unspecified atom stereocenters. The molecule has 0 saturated heterocycles. The molecule has 4 nitrogen and oxygen atoms in total. The molecule has 0 spiro atoms. The SMILES string of the molecule is CCOc1c(-c2cccc(Cl)c2)cc(C(=O)NC(COCCCCc2ccccc2)C2CC2)cc1-c1cccc(Cl)c1. The van der Waals surface area contributed by atoms with E-state index in [9.17, 15) is 4.79 Å². The average molecular weight is 603 g/mol. The molecule has 42 heavy (non-hydrogen) atoms. The van der Waals surface area contributed by atoms with Gasteiger partial charge < -0.3 is 14.8 Å². The van der Waals surface area contributed by atoms with Gasteiger partial charge in [-0.25, -0.2) is 0 Å². The highest BCUT2D eigenvalue weighted by Crippen LogP contribution is 2.42. The van der Waals surface area contributed by atoms with E-state index in [4.69, 9.17) is 32.7 Å². The van der Waals surface area contributed by atoms with Gasteiger partial charge in [0.2, 0.25) is 0 Å². The Morgan fingerprint density at radius 1 is 0.857 bits per heavy atom. The molecule has 0 aromatic heterocycles. The molecule has 0 bridgehead atoms. The van der Waals surface area contributed by atoms with Crippen LogP contribution in [0.25, 0.3) is 22.3 Å². The Kier molecular flexibility index (Phi) is 10.6. The third-order valence-corrected chi connectivity index (χ3v) is 8.03. The molecule has 218 valence electrons. The van der Waals surface area contributed by atoms with E-state index in [2.05, 4.69) is 29.6 Å². The van der Waals surface area contributed by atoms with E-state index >= 15 is 0 Å². The van der Waals surface area contributed by atoms with Gasteiger partial charge in [0.25, 0.3) is 5.91 Å². The van der Waals surface area contributed by atoms with E-state index < -0.39 is 0 Å². The predicted octanol–water partition coefficient (Wildman–Crippen LogP) is 9.27. The van der Waals surface area contributed by atoms with Crippen LogP contribution in [0.2, 0.25) is 10.0 Å². The summed E-state index contributed by atoms with van der Waals surface area (Å²) in [5.41, 5.74) is 5.27. The van der Waals surface area contributed by atoms with Crippen molar-refractivity contribution in [3.05, 3.63) is 112 Å². The fourth-order valence-corrected chi connectivity index (χ4v) is 5.62. The summed E-state index contributed by atoms with van der Waals surface area (Å²) in [7, 11) is 0. The lowest BCUT2D eigenvalue weighted by atomic mass is 9.94. The fraction of sp³-hybridized carbons (Fsp3) is 0.306. The van der Waals surface area contributed by atoms with Gasteiger partial charge in [-0.05, 0) is 98.0 Å². The van der Waals surface area contributed by atoms with Crippen LogP contribution in [-0.2, 0) is 11.2 Å². The smallest absolute Gasteiger partial charge is 0.251 e. The van der Waals surface area contributed by atoms with Crippen LogP contribution in [0, 0.1) is 5.92 Å². The van der Waals surface area contributed by atoms with Crippen molar-refractivity contribution in [3.8, 4) is 28.0 Å². The summed E-state index contributed by atoms with van der Waals surface area (Å²) < 4.78 is 12.3. The highest BCUT2D eigenvalue weighted by molar-refractivity contribution is 6.31. The van der Waals surface area contributed by atoms with Gasteiger partial charge in [0.1, 0.15) is 5.75 Å². The molecule has 1 fully saturated rings. The van der Waals surface area contributed by atoms with E-state index in [1.807, 2.05) is 73.7 Å². The van der Waals surface area contributed by atoms with Crippen LogP contribution in [-0.4, -0.2) is 31.8 Å². The van der Waals surface area contributed by atoms with E-state index in [-0.39, 0.29) is 11.9 Å². The first-order valence-electron chi connectivity index (χ1n) is 14.8. The molecule has 6 heteroatoms. The average Bonchev–Trinajstić information content (AvgIpc) is 3.85. The van der Waals surface area contributed by atoms with Gasteiger partial charge in [-0.1, -0.05) is 77.8 Å². The summed E-state index contributed by atoms with van der Waals surface area (Å²) in [6, 6.07) is 29.5. The van der Waals surface area contributed by atoms with Crippen molar-refractivity contribution in [1.82, 2.24) is 5.32 Å². The summed E-state index contributed by atoms with van der Waals surface area (Å²) in [4.78, 5) is 13.8. The van der Waals surface area contributed by atoms with Crippen molar-refractivity contribution in [2.45, 2.75) is 45.1 Å². The first-order valence-corrected chi connectivity index (χ1v) is 15.5. The van der Waals surface area contributed by atoms with Crippen LogP contribution in [0.3, 0.4) is 0 Å². The largest absolute Gasteiger partial charge is 0.493 e. The van der Waals surface area contributed by atoms with Gasteiger partial charge in [0.05, 0.1) is 19.3 Å². The Balaban J connectivity index is 1.34. The summed E-state index contributed by atoms with van der Waals surface area (Å²) >= 11 is 12.7. The molecule has 0 heterocycles. The summed E-state index contributed by atoms with van der Waals surface area (Å²) in [6.07, 6.45) is 5.33. The maximum atomic E-state index is 13.8. The zero-order valence-electron chi connectivity index (χ0n) is 24.0. The van der Waals surface area contributed by atoms with E-state index in [0.717, 1.165) is 54.4 Å². The number of aryl methyl sites for hydroxylation is 1. The normalized spacial score (nSPS) is 13.5. The molecule has 1 amide bonds. The first-order chi connectivity index (χ1) is 20.5. The van der Waals surface area contributed by atoms with Gasteiger partial charge in [-0.15, -0.1) is 0 Å². The predicted molar refractivity (Wildman–Crippen MR) is 173 cm³/mol. The zero-order valence-corrected chi connectivity index (χ0v) is 25.5. The van der Waals surface area contributed by atoms with Crippen molar-refractivity contribution < 1.29 is 14.3 Å². The van der Waals surface area contributed by atoms with Crippen LogP contribution < -0.4 is 10.1 Å². The van der Waals surface area contributed by atoms with Gasteiger partial charge in [0, 0.05) is 33.3 Å². The molecular formula is C36H37Cl2NO3. The lowest BCUT2D eigenvalue weighted by Gasteiger charge is -2.21. The number of amides is 1. The number of unbranched alkanes of at least 4 members (excludes halogenated alkanes) is 1. The number of hydrogen-bond acceptors (Lipinski definition) is 3. The van der Waals surface area contributed by atoms with E-state index in [0.29, 0.717) is 47.1 Å². The highest BCUT2D eigenvalue weighted by atomic mass is 35.5.